The van der Waals surface area contributed by atoms with Gasteiger partial charge in [-0.3, -0.25) is 9.59 Å². The minimum absolute atomic E-state index is 0.154. The van der Waals surface area contributed by atoms with Crippen molar-refractivity contribution in [2.75, 3.05) is 14.2 Å². The molecule has 0 aliphatic rings. The summed E-state index contributed by atoms with van der Waals surface area (Å²) in [5, 5.41) is 4.78. The summed E-state index contributed by atoms with van der Waals surface area (Å²) < 4.78 is 12.1. The minimum Gasteiger partial charge on any atom is -0.497 e. The molecule has 0 spiro atoms. The van der Waals surface area contributed by atoms with E-state index >= 15 is 0 Å². The highest BCUT2D eigenvalue weighted by molar-refractivity contribution is 7.15. The van der Waals surface area contributed by atoms with Crippen LogP contribution in [0, 0.1) is 0 Å². The molecule has 2 aromatic heterocycles. The third-order valence-corrected chi connectivity index (χ3v) is 5.82. The van der Waals surface area contributed by atoms with Gasteiger partial charge < -0.3 is 9.47 Å². The van der Waals surface area contributed by atoms with E-state index in [0.29, 0.717) is 26.6 Å². The molecule has 30 heavy (non-hydrogen) atoms. The summed E-state index contributed by atoms with van der Waals surface area (Å²) in [5.41, 5.74) is 0.705. The van der Waals surface area contributed by atoms with Gasteiger partial charge in [-0.25, -0.2) is 0 Å². The summed E-state index contributed by atoms with van der Waals surface area (Å²) in [6.45, 7) is 0. The number of aromatic nitrogens is 3. The predicted molar refractivity (Wildman–Crippen MR) is 116 cm³/mol. The standard InChI is InChI=1S/C21H16ClN3O4S/c1-28-14-7-8-17(29-2)13(9-14)11-18-20(27)25-21(30-18)23-19(26)16(24-25)10-12-5-3-4-6-15(12)22/h3-9,11H,10H2,1-2H3/b18-11+. The Bertz CT molecular complexity index is 1410. The molecule has 0 amide bonds. The molecule has 0 aliphatic carbocycles. The molecule has 0 unspecified atom stereocenters. The van der Waals surface area contributed by atoms with Crippen LogP contribution >= 0.6 is 22.9 Å². The van der Waals surface area contributed by atoms with Crippen molar-refractivity contribution in [3.8, 4) is 11.5 Å². The van der Waals surface area contributed by atoms with Crippen molar-refractivity contribution in [3.63, 3.8) is 0 Å². The second-order valence-electron chi connectivity index (χ2n) is 6.35. The highest BCUT2D eigenvalue weighted by Gasteiger charge is 2.13. The largest absolute Gasteiger partial charge is 0.497 e. The molecule has 4 aromatic rings. The third-order valence-electron chi connectivity index (χ3n) is 4.49. The van der Waals surface area contributed by atoms with Gasteiger partial charge in [0.1, 0.15) is 17.2 Å². The molecule has 152 valence electrons. The van der Waals surface area contributed by atoms with E-state index in [1.54, 1.807) is 56.7 Å². The van der Waals surface area contributed by atoms with E-state index in [1.165, 1.54) is 0 Å². The van der Waals surface area contributed by atoms with Gasteiger partial charge in [-0.05, 0) is 35.9 Å². The number of hydrogen-bond acceptors (Lipinski definition) is 7. The topological polar surface area (TPSA) is 82.8 Å². The molecule has 2 aromatic carbocycles. The van der Waals surface area contributed by atoms with Crippen LogP contribution in [0.15, 0.2) is 52.1 Å². The van der Waals surface area contributed by atoms with E-state index in [0.717, 1.165) is 21.4 Å². The molecule has 0 radical (unpaired) electrons. The van der Waals surface area contributed by atoms with Crippen molar-refractivity contribution in [3.05, 3.63) is 89.5 Å². The van der Waals surface area contributed by atoms with Gasteiger partial charge in [0, 0.05) is 17.0 Å². The summed E-state index contributed by atoms with van der Waals surface area (Å²) in [7, 11) is 3.11. The van der Waals surface area contributed by atoms with Crippen LogP contribution in [0.2, 0.25) is 5.02 Å². The van der Waals surface area contributed by atoms with Gasteiger partial charge >= 0.3 is 0 Å². The quantitative estimate of drug-likeness (QED) is 0.472. The molecule has 2 heterocycles. The smallest absolute Gasteiger partial charge is 0.296 e. The first kappa shape index (κ1) is 20.1. The Morgan fingerprint density at radius 2 is 1.93 bits per heavy atom. The normalized spacial score (nSPS) is 11.8. The molecule has 0 N–H and O–H groups in total. The van der Waals surface area contributed by atoms with Crippen molar-refractivity contribution in [2.45, 2.75) is 6.42 Å². The highest BCUT2D eigenvalue weighted by Crippen LogP contribution is 2.24. The summed E-state index contributed by atoms with van der Waals surface area (Å²) >= 11 is 7.26. The summed E-state index contributed by atoms with van der Waals surface area (Å²) in [5.74, 6) is 1.21. The Hall–Kier alpha value is -3.23. The number of benzene rings is 2. The first-order valence-corrected chi connectivity index (χ1v) is 10.1. The summed E-state index contributed by atoms with van der Waals surface area (Å²) in [6.07, 6.45) is 1.86. The van der Waals surface area contributed by atoms with Crippen LogP contribution in [0.1, 0.15) is 16.8 Å². The molecule has 0 saturated heterocycles. The van der Waals surface area contributed by atoms with Crippen LogP contribution in [-0.4, -0.2) is 28.8 Å². The van der Waals surface area contributed by atoms with Gasteiger partial charge in [0.05, 0.1) is 18.8 Å². The van der Waals surface area contributed by atoms with Crippen LogP contribution < -0.4 is 25.1 Å². The maximum absolute atomic E-state index is 12.9. The molecule has 7 nitrogen and oxygen atoms in total. The van der Waals surface area contributed by atoms with Gasteiger partial charge in [0.2, 0.25) is 4.96 Å². The average Bonchev–Trinajstić information content (AvgIpc) is 3.04. The SMILES string of the molecule is COc1ccc(OC)c(/C=c2/sc3nc(=O)c(Cc4ccccc4Cl)nn3c2=O)c1. The van der Waals surface area contributed by atoms with Crippen LogP contribution in [0.25, 0.3) is 11.0 Å². The molecule has 0 aliphatic heterocycles. The number of methoxy groups -OCH3 is 2. The fourth-order valence-corrected chi connectivity index (χ4v) is 4.07. The lowest BCUT2D eigenvalue weighted by atomic mass is 10.1. The molecule has 0 atom stereocenters. The summed E-state index contributed by atoms with van der Waals surface area (Å²) in [4.78, 5) is 29.6. The Balaban J connectivity index is 1.84. The van der Waals surface area contributed by atoms with E-state index in [1.807, 2.05) is 6.07 Å². The number of rotatable bonds is 5. The first-order valence-electron chi connectivity index (χ1n) is 8.90. The van der Waals surface area contributed by atoms with E-state index in [-0.39, 0.29) is 22.6 Å². The highest BCUT2D eigenvalue weighted by atomic mass is 35.5. The van der Waals surface area contributed by atoms with Crippen molar-refractivity contribution < 1.29 is 9.47 Å². The van der Waals surface area contributed by atoms with Gasteiger partial charge in [-0.15, -0.1) is 0 Å². The molecule has 4 rings (SSSR count). The lowest BCUT2D eigenvalue weighted by Crippen LogP contribution is -2.28. The Labute approximate surface area is 179 Å². The lowest BCUT2D eigenvalue weighted by Gasteiger charge is -2.06. The monoisotopic (exact) mass is 441 g/mol. The van der Waals surface area contributed by atoms with E-state index in [9.17, 15) is 9.59 Å². The van der Waals surface area contributed by atoms with Crippen molar-refractivity contribution in [1.29, 1.82) is 0 Å². The Kier molecular flexibility index (Phi) is 5.52. The fourth-order valence-electron chi connectivity index (χ4n) is 2.97. The van der Waals surface area contributed by atoms with Crippen molar-refractivity contribution in [2.24, 2.45) is 0 Å². The molecule has 0 bridgehead atoms. The molecule has 9 heteroatoms. The van der Waals surface area contributed by atoms with Gasteiger partial charge in [0.25, 0.3) is 11.1 Å². The van der Waals surface area contributed by atoms with Gasteiger partial charge in [0.15, 0.2) is 0 Å². The first-order chi connectivity index (χ1) is 14.5. The minimum atomic E-state index is -0.485. The number of ether oxygens (including phenoxy) is 2. The van der Waals surface area contributed by atoms with E-state index in [4.69, 9.17) is 21.1 Å². The van der Waals surface area contributed by atoms with Crippen LogP contribution in [0.5, 0.6) is 11.5 Å². The molecule has 0 saturated carbocycles. The molecule has 0 fully saturated rings. The Morgan fingerprint density at radius 3 is 2.67 bits per heavy atom. The number of thiazole rings is 1. The average molecular weight is 442 g/mol. The van der Waals surface area contributed by atoms with Gasteiger partial charge in [-0.1, -0.05) is 41.1 Å². The number of nitrogens with zero attached hydrogens (tertiary/aromatic N) is 3. The second kappa shape index (κ2) is 8.25. The lowest BCUT2D eigenvalue weighted by molar-refractivity contribution is 0.402. The zero-order valence-corrected chi connectivity index (χ0v) is 17.7. The number of halogens is 1. The second-order valence-corrected chi connectivity index (χ2v) is 7.77. The van der Waals surface area contributed by atoms with Crippen LogP contribution in [0.4, 0.5) is 0 Å². The van der Waals surface area contributed by atoms with Crippen molar-refractivity contribution in [1.82, 2.24) is 14.6 Å². The van der Waals surface area contributed by atoms with E-state index in [2.05, 4.69) is 10.1 Å². The van der Waals surface area contributed by atoms with Crippen LogP contribution in [-0.2, 0) is 6.42 Å². The van der Waals surface area contributed by atoms with Crippen molar-refractivity contribution >= 4 is 34.0 Å². The summed E-state index contributed by atoms with van der Waals surface area (Å²) in [6, 6.07) is 12.4. The van der Waals surface area contributed by atoms with Gasteiger partial charge in [-0.2, -0.15) is 14.6 Å². The third kappa shape index (κ3) is 3.79. The number of fused-ring (bicyclic) bond motifs is 1. The number of hydrogen-bond donors (Lipinski definition) is 0. The van der Waals surface area contributed by atoms with E-state index < -0.39 is 5.56 Å². The maximum atomic E-state index is 12.9. The zero-order chi connectivity index (χ0) is 21.3. The Morgan fingerprint density at radius 1 is 1.13 bits per heavy atom. The molecular formula is C21H16ClN3O4S. The predicted octanol–water partition coefficient (Wildman–Crippen LogP) is 2.32. The molecular weight excluding hydrogens is 426 g/mol. The maximum Gasteiger partial charge on any atom is 0.296 e. The zero-order valence-electron chi connectivity index (χ0n) is 16.1. The van der Waals surface area contributed by atoms with Crippen LogP contribution in [0.3, 0.4) is 0 Å². The fraction of sp³-hybridized carbons (Fsp3) is 0.143.